The number of benzene rings is 2. The molecule has 9 heteroatoms. The van der Waals surface area contributed by atoms with Gasteiger partial charge >= 0.3 is 0 Å². The van der Waals surface area contributed by atoms with E-state index in [1.54, 1.807) is 7.11 Å². The largest absolute Gasteiger partial charge is 0.392 e. The number of ether oxygens (including phenoxy) is 3. The van der Waals surface area contributed by atoms with E-state index in [2.05, 4.69) is 15.5 Å². The molecule has 2 aliphatic heterocycles. The van der Waals surface area contributed by atoms with Crippen LogP contribution >= 0.6 is 0 Å². The second-order valence-corrected chi connectivity index (χ2v) is 11.1. The third-order valence-corrected chi connectivity index (χ3v) is 7.83. The molecule has 0 bridgehead atoms. The van der Waals surface area contributed by atoms with Gasteiger partial charge < -0.3 is 30.0 Å². The number of amides is 2. The lowest BCUT2D eigenvalue weighted by molar-refractivity contribution is -0.253. The van der Waals surface area contributed by atoms with Crippen molar-refractivity contribution in [2.75, 3.05) is 38.7 Å². The summed E-state index contributed by atoms with van der Waals surface area (Å²) in [5.74, 6) is -0.0506. The molecule has 2 amide bonds. The van der Waals surface area contributed by atoms with Crippen LogP contribution in [0.4, 0.5) is 5.69 Å². The van der Waals surface area contributed by atoms with Crippen molar-refractivity contribution in [2.24, 2.45) is 0 Å². The van der Waals surface area contributed by atoms with Gasteiger partial charge in [0.25, 0.3) is 0 Å². The second-order valence-electron chi connectivity index (χ2n) is 11.1. The Balaban J connectivity index is 1.37. The summed E-state index contributed by atoms with van der Waals surface area (Å²) in [6.45, 7) is 4.75. The summed E-state index contributed by atoms with van der Waals surface area (Å²) in [6.07, 6.45) is 5.32. The number of aliphatic hydroxyl groups is 1. The summed E-state index contributed by atoms with van der Waals surface area (Å²) in [5, 5.41) is 15.2. The first-order valence-corrected chi connectivity index (χ1v) is 14.8. The summed E-state index contributed by atoms with van der Waals surface area (Å²) in [5.41, 5.74) is 3.57. The summed E-state index contributed by atoms with van der Waals surface area (Å²) < 4.78 is 18.5. The molecular weight excluding hydrogens is 522 g/mol. The molecule has 0 aliphatic carbocycles. The van der Waals surface area contributed by atoms with Crippen LogP contribution < -0.4 is 10.6 Å². The molecule has 9 nitrogen and oxygen atoms in total. The molecule has 2 aromatic rings. The van der Waals surface area contributed by atoms with Crippen LogP contribution in [0.1, 0.15) is 81.0 Å². The Hall–Kier alpha value is -2.82. The number of nitrogens with zero attached hydrogens (tertiary/aromatic N) is 1. The zero-order valence-corrected chi connectivity index (χ0v) is 24.3. The van der Waals surface area contributed by atoms with Crippen LogP contribution in [0.2, 0.25) is 0 Å². The maximum atomic E-state index is 12.4. The maximum Gasteiger partial charge on any atom is 0.224 e. The lowest BCUT2D eigenvalue weighted by Crippen LogP contribution is -2.42. The number of likely N-dealkylation sites (tertiary alicyclic amines) is 1. The normalized spacial score (nSPS) is 22.9. The summed E-state index contributed by atoms with van der Waals surface area (Å²) in [6, 6.07) is 16.0. The molecule has 0 saturated carbocycles. The fourth-order valence-electron chi connectivity index (χ4n) is 5.61. The van der Waals surface area contributed by atoms with Gasteiger partial charge in [-0.15, -0.1) is 0 Å². The zero-order valence-electron chi connectivity index (χ0n) is 24.3. The first-order chi connectivity index (χ1) is 19.9. The van der Waals surface area contributed by atoms with Gasteiger partial charge in [-0.2, -0.15) is 0 Å². The molecule has 0 aromatic heterocycles. The summed E-state index contributed by atoms with van der Waals surface area (Å²) in [7, 11) is 1.76. The highest BCUT2D eigenvalue weighted by Crippen LogP contribution is 2.39. The smallest absolute Gasteiger partial charge is 0.224 e. The monoisotopic (exact) mass is 567 g/mol. The average molecular weight is 568 g/mol. The quantitative estimate of drug-likeness (QED) is 0.289. The number of carbonyl (C=O) groups is 2. The highest BCUT2D eigenvalue weighted by atomic mass is 16.7. The minimum atomic E-state index is -0.534. The van der Waals surface area contributed by atoms with Gasteiger partial charge in [-0.1, -0.05) is 42.8 Å². The number of methoxy groups -OCH3 is 1. The predicted molar refractivity (Wildman–Crippen MR) is 157 cm³/mol. The van der Waals surface area contributed by atoms with Crippen molar-refractivity contribution >= 4 is 17.5 Å². The summed E-state index contributed by atoms with van der Waals surface area (Å²) >= 11 is 0. The fraction of sp³-hybridized carbons (Fsp3) is 0.562. The first kappa shape index (κ1) is 31.1. The highest BCUT2D eigenvalue weighted by Gasteiger charge is 2.35. The van der Waals surface area contributed by atoms with Crippen LogP contribution in [0.25, 0.3) is 0 Å². The molecule has 2 aliphatic rings. The Morgan fingerprint density at radius 1 is 1.02 bits per heavy atom. The van der Waals surface area contributed by atoms with Gasteiger partial charge in [0, 0.05) is 57.3 Å². The Labute approximate surface area is 243 Å². The van der Waals surface area contributed by atoms with Crippen molar-refractivity contribution in [1.82, 2.24) is 10.2 Å². The maximum absolute atomic E-state index is 12.4. The minimum absolute atomic E-state index is 0.0114. The Kier molecular flexibility index (Phi) is 12.1. The Bertz CT molecular complexity index is 1090. The lowest BCUT2D eigenvalue weighted by Gasteiger charge is -2.38. The molecule has 4 unspecified atom stereocenters. The van der Waals surface area contributed by atoms with Crippen molar-refractivity contribution in [3.63, 3.8) is 0 Å². The third-order valence-electron chi connectivity index (χ3n) is 7.83. The van der Waals surface area contributed by atoms with Crippen LogP contribution in [-0.2, 0) is 30.4 Å². The van der Waals surface area contributed by atoms with E-state index in [1.807, 2.05) is 48.5 Å². The van der Waals surface area contributed by atoms with Gasteiger partial charge in [-0.25, -0.2) is 0 Å². The molecule has 41 heavy (non-hydrogen) atoms. The summed E-state index contributed by atoms with van der Waals surface area (Å²) in [4.78, 5) is 25.8. The lowest BCUT2D eigenvalue weighted by atomic mass is 9.99. The Morgan fingerprint density at radius 2 is 1.78 bits per heavy atom. The molecule has 4 rings (SSSR count). The number of anilines is 1. The minimum Gasteiger partial charge on any atom is -0.392 e. The van der Waals surface area contributed by atoms with Crippen molar-refractivity contribution in [2.45, 2.75) is 83.0 Å². The van der Waals surface area contributed by atoms with E-state index >= 15 is 0 Å². The van der Waals surface area contributed by atoms with E-state index in [1.165, 1.54) is 6.92 Å². The van der Waals surface area contributed by atoms with Crippen molar-refractivity contribution in [1.29, 1.82) is 0 Å². The number of hydrogen-bond donors (Lipinski definition) is 3. The van der Waals surface area contributed by atoms with E-state index in [9.17, 15) is 14.7 Å². The van der Waals surface area contributed by atoms with Gasteiger partial charge in [-0.05, 0) is 55.5 Å². The van der Waals surface area contributed by atoms with Gasteiger partial charge in [-0.3, -0.25) is 14.5 Å². The standard InChI is InChI=1S/C32H45N3O6/c1-23(37)33-17-5-3-4-8-31(38)34-27-15-13-26(14-16-27)32-40-29(20-35-18-6-7-28(35)22-39-2)19-30(41-32)25-11-9-24(21-36)10-12-25/h9-16,28-30,32,36H,3-8,17-22H2,1-2H3,(H,33,37)(H,34,38). The van der Waals surface area contributed by atoms with Gasteiger partial charge in [0.2, 0.25) is 11.8 Å². The van der Waals surface area contributed by atoms with Crippen LogP contribution in [0, 0.1) is 0 Å². The highest BCUT2D eigenvalue weighted by molar-refractivity contribution is 5.90. The predicted octanol–water partition coefficient (Wildman–Crippen LogP) is 4.47. The van der Waals surface area contributed by atoms with Gasteiger partial charge in [0.15, 0.2) is 6.29 Å². The van der Waals surface area contributed by atoms with E-state index in [0.717, 1.165) is 80.6 Å². The fourth-order valence-corrected chi connectivity index (χ4v) is 5.61. The molecule has 0 radical (unpaired) electrons. The molecule has 0 spiro atoms. The Morgan fingerprint density at radius 3 is 2.49 bits per heavy atom. The van der Waals surface area contributed by atoms with Gasteiger partial charge in [0.05, 0.1) is 25.4 Å². The topological polar surface area (TPSA) is 109 Å². The van der Waals surface area contributed by atoms with Crippen LogP contribution in [0.3, 0.4) is 0 Å². The van der Waals surface area contributed by atoms with Crippen molar-refractivity contribution in [3.05, 3.63) is 65.2 Å². The molecule has 2 fully saturated rings. The number of rotatable bonds is 14. The average Bonchev–Trinajstić information content (AvgIpc) is 3.41. The van der Waals surface area contributed by atoms with Crippen LogP contribution in [0.5, 0.6) is 0 Å². The third kappa shape index (κ3) is 9.61. The molecule has 224 valence electrons. The van der Waals surface area contributed by atoms with Gasteiger partial charge in [0.1, 0.15) is 0 Å². The van der Waals surface area contributed by atoms with Crippen molar-refractivity contribution < 1.29 is 28.9 Å². The second kappa shape index (κ2) is 16.0. The SMILES string of the molecule is COCC1CCCN1CC1CC(c2ccc(CO)cc2)OC(c2ccc(NC(=O)CCCCCNC(C)=O)cc2)O1. The number of nitrogens with one attached hydrogen (secondary N) is 2. The number of carbonyl (C=O) groups excluding carboxylic acids is 2. The molecule has 2 saturated heterocycles. The molecule has 3 N–H and O–H groups in total. The number of aliphatic hydroxyl groups excluding tert-OH is 1. The first-order valence-electron chi connectivity index (χ1n) is 14.8. The number of unbranched alkanes of at least 4 members (excludes halogenated alkanes) is 2. The van der Waals surface area contributed by atoms with E-state index in [-0.39, 0.29) is 30.6 Å². The van der Waals surface area contributed by atoms with Crippen LogP contribution in [0.15, 0.2) is 48.5 Å². The number of hydrogen-bond acceptors (Lipinski definition) is 7. The molecular formula is C32H45N3O6. The van der Waals surface area contributed by atoms with E-state index in [0.29, 0.717) is 19.0 Å². The molecule has 4 atom stereocenters. The molecule has 2 aromatic carbocycles. The van der Waals surface area contributed by atoms with Crippen molar-refractivity contribution in [3.8, 4) is 0 Å². The molecule has 2 heterocycles. The van der Waals surface area contributed by atoms with E-state index < -0.39 is 6.29 Å². The zero-order chi connectivity index (χ0) is 29.0. The van der Waals surface area contributed by atoms with Crippen LogP contribution in [-0.4, -0.2) is 67.3 Å². The van der Waals surface area contributed by atoms with E-state index in [4.69, 9.17) is 14.2 Å².